The van der Waals surface area contributed by atoms with Gasteiger partial charge in [0, 0.05) is 31.2 Å². The van der Waals surface area contributed by atoms with Crippen LogP contribution in [0.2, 0.25) is 0 Å². The lowest BCUT2D eigenvalue weighted by Crippen LogP contribution is -2.50. The Morgan fingerprint density at radius 2 is 1.91 bits per heavy atom. The summed E-state index contributed by atoms with van der Waals surface area (Å²) >= 11 is 0. The Morgan fingerprint density at radius 1 is 1.19 bits per heavy atom. The SMILES string of the molecule is CCC(CC)CN1CC[C@@H](CNC(=O)c2ccc3cc(C)ccc3c2)N[C@@H](CCN)C1=O. The third kappa shape index (κ3) is 6.08. The van der Waals surface area contributed by atoms with Gasteiger partial charge in [-0.3, -0.25) is 9.59 Å². The first-order valence-corrected chi connectivity index (χ1v) is 12.0. The molecule has 4 N–H and O–H groups in total. The van der Waals surface area contributed by atoms with E-state index in [-0.39, 0.29) is 23.9 Å². The van der Waals surface area contributed by atoms with E-state index in [1.54, 1.807) is 0 Å². The average Bonchev–Trinajstić information content (AvgIpc) is 2.94. The highest BCUT2D eigenvalue weighted by atomic mass is 16.2. The van der Waals surface area contributed by atoms with E-state index in [1.165, 1.54) is 5.56 Å². The summed E-state index contributed by atoms with van der Waals surface area (Å²) in [6, 6.07) is 11.8. The highest BCUT2D eigenvalue weighted by molar-refractivity contribution is 5.98. The van der Waals surface area contributed by atoms with Crippen molar-refractivity contribution in [1.82, 2.24) is 15.5 Å². The van der Waals surface area contributed by atoms with Crippen molar-refractivity contribution in [2.75, 3.05) is 26.2 Å². The standard InChI is InChI=1S/C26H38N4O2/c1-4-19(5-2)17-30-13-11-23(29-24(10-12-27)26(30)32)16-28-25(31)22-9-8-20-14-18(3)6-7-21(20)15-22/h6-9,14-15,19,23-24,29H,4-5,10-13,16-17,27H2,1-3H3,(H,28,31)/t23-,24-/m0/s1. The zero-order valence-corrected chi connectivity index (χ0v) is 19.7. The minimum atomic E-state index is -0.289. The molecular weight excluding hydrogens is 400 g/mol. The van der Waals surface area contributed by atoms with Crippen LogP contribution in [0.25, 0.3) is 10.8 Å². The van der Waals surface area contributed by atoms with Gasteiger partial charge in [0.1, 0.15) is 0 Å². The highest BCUT2D eigenvalue weighted by Gasteiger charge is 2.31. The molecular formula is C26H38N4O2. The van der Waals surface area contributed by atoms with Crippen LogP contribution in [-0.2, 0) is 4.79 Å². The number of rotatable bonds is 9. The molecule has 2 aromatic rings. The van der Waals surface area contributed by atoms with Crippen molar-refractivity contribution in [3.05, 3.63) is 47.5 Å². The molecule has 3 rings (SSSR count). The molecule has 0 aromatic heterocycles. The van der Waals surface area contributed by atoms with Gasteiger partial charge < -0.3 is 21.3 Å². The largest absolute Gasteiger partial charge is 0.350 e. The van der Waals surface area contributed by atoms with Crippen LogP contribution in [-0.4, -0.2) is 55.0 Å². The molecule has 1 aliphatic heterocycles. The lowest BCUT2D eigenvalue weighted by Gasteiger charge is -2.27. The van der Waals surface area contributed by atoms with E-state index in [4.69, 9.17) is 5.73 Å². The van der Waals surface area contributed by atoms with E-state index >= 15 is 0 Å². The molecule has 0 bridgehead atoms. The fourth-order valence-electron chi connectivity index (χ4n) is 4.48. The van der Waals surface area contributed by atoms with Crippen molar-refractivity contribution < 1.29 is 9.59 Å². The molecule has 1 fully saturated rings. The molecule has 0 aliphatic carbocycles. The van der Waals surface area contributed by atoms with Crippen molar-refractivity contribution in [3.63, 3.8) is 0 Å². The van der Waals surface area contributed by atoms with Crippen LogP contribution in [0.4, 0.5) is 0 Å². The van der Waals surface area contributed by atoms with Gasteiger partial charge >= 0.3 is 0 Å². The van der Waals surface area contributed by atoms with E-state index < -0.39 is 0 Å². The summed E-state index contributed by atoms with van der Waals surface area (Å²) in [5.74, 6) is 0.570. The number of carbonyl (C=O) groups is 2. The monoisotopic (exact) mass is 438 g/mol. The van der Waals surface area contributed by atoms with Gasteiger partial charge in [0.05, 0.1) is 6.04 Å². The molecule has 1 saturated heterocycles. The first-order chi connectivity index (χ1) is 15.4. The van der Waals surface area contributed by atoms with Crippen LogP contribution in [0.3, 0.4) is 0 Å². The number of benzene rings is 2. The van der Waals surface area contributed by atoms with Gasteiger partial charge in [0.2, 0.25) is 5.91 Å². The Kier molecular flexibility index (Phi) is 8.65. The van der Waals surface area contributed by atoms with Gasteiger partial charge in [0.15, 0.2) is 0 Å². The summed E-state index contributed by atoms with van der Waals surface area (Å²) in [7, 11) is 0. The maximum Gasteiger partial charge on any atom is 0.251 e. The molecule has 0 radical (unpaired) electrons. The maximum atomic E-state index is 13.1. The van der Waals surface area contributed by atoms with Crippen molar-refractivity contribution in [1.29, 1.82) is 0 Å². The fraction of sp³-hybridized carbons (Fsp3) is 0.538. The molecule has 6 heteroatoms. The number of fused-ring (bicyclic) bond motifs is 1. The van der Waals surface area contributed by atoms with Crippen LogP contribution >= 0.6 is 0 Å². The number of amides is 2. The smallest absolute Gasteiger partial charge is 0.251 e. The topological polar surface area (TPSA) is 87.5 Å². The molecule has 6 nitrogen and oxygen atoms in total. The Morgan fingerprint density at radius 3 is 2.62 bits per heavy atom. The number of nitrogens with two attached hydrogens (primary N) is 1. The first kappa shape index (κ1) is 24.2. The van der Waals surface area contributed by atoms with Crippen molar-refractivity contribution in [2.45, 2.75) is 58.5 Å². The van der Waals surface area contributed by atoms with E-state index in [2.05, 4.69) is 43.5 Å². The average molecular weight is 439 g/mol. The van der Waals surface area contributed by atoms with Gasteiger partial charge in [-0.25, -0.2) is 0 Å². The van der Waals surface area contributed by atoms with Crippen LogP contribution in [0, 0.1) is 12.8 Å². The lowest BCUT2D eigenvalue weighted by molar-refractivity contribution is -0.133. The highest BCUT2D eigenvalue weighted by Crippen LogP contribution is 2.18. The molecule has 2 atom stereocenters. The third-order valence-corrected chi connectivity index (χ3v) is 6.65. The van der Waals surface area contributed by atoms with Crippen LogP contribution < -0.4 is 16.4 Å². The van der Waals surface area contributed by atoms with E-state index in [9.17, 15) is 9.59 Å². The number of hydrogen-bond donors (Lipinski definition) is 3. The van der Waals surface area contributed by atoms with Gasteiger partial charge in [-0.05, 0) is 55.1 Å². The van der Waals surface area contributed by atoms with Crippen molar-refractivity contribution in [2.24, 2.45) is 11.7 Å². The summed E-state index contributed by atoms with van der Waals surface area (Å²) in [5.41, 5.74) is 7.64. The molecule has 1 heterocycles. The number of hydrogen-bond acceptors (Lipinski definition) is 4. The fourth-order valence-corrected chi connectivity index (χ4v) is 4.48. The molecule has 0 unspecified atom stereocenters. The molecule has 0 spiro atoms. The predicted octanol–water partition coefficient (Wildman–Crippen LogP) is 3.22. The van der Waals surface area contributed by atoms with Gasteiger partial charge in [0.25, 0.3) is 5.91 Å². The Labute approximate surface area is 191 Å². The van der Waals surface area contributed by atoms with Crippen LogP contribution in [0.15, 0.2) is 36.4 Å². The van der Waals surface area contributed by atoms with E-state index in [0.717, 1.165) is 36.6 Å². The predicted molar refractivity (Wildman–Crippen MR) is 131 cm³/mol. The summed E-state index contributed by atoms with van der Waals surface area (Å²) in [6.45, 7) is 8.87. The summed E-state index contributed by atoms with van der Waals surface area (Å²) in [4.78, 5) is 27.9. The van der Waals surface area contributed by atoms with Crippen LogP contribution in [0.1, 0.15) is 55.5 Å². The van der Waals surface area contributed by atoms with Crippen LogP contribution in [0.5, 0.6) is 0 Å². The molecule has 32 heavy (non-hydrogen) atoms. The molecule has 174 valence electrons. The Hall–Kier alpha value is -2.44. The van der Waals surface area contributed by atoms with Crippen molar-refractivity contribution >= 4 is 22.6 Å². The number of nitrogens with zero attached hydrogens (tertiary/aromatic N) is 1. The second-order valence-electron chi connectivity index (χ2n) is 9.02. The Bertz CT molecular complexity index is 925. The third-order valence-electron chi connectivity index (χ3n) is 6.65. The Balaban J connectivity index is 1.64. The quantitative estimate of drug-likeness (QED) is 0.561. The number of carbonyl (C=O) groups excluding carboxylic acids is 2. The summed E-state index contributed by atoms with van der Waals surface area (Å²) in [6.07, 6.45) is 3.55. The zero-order chi connectivity index (χ0) is 23.1. The molecule has 2 aromatic carbocycles. The number of aryl methyl sites for hydroxylation is 1. The minimum Gasteiger partial charge on any atom is -0.350 e. The zero-order valence-electron chi connectivity index (χ0n) is 19.7. The van der Waals surface area contributed by atoms with Gasteiger partial charge in [-0.15, -0.1) is 0 Å². The van der Waals surface area contributed by atoms with E-state index in [0.29, 0.717) is 37.5 Å². The second-order valence-corrected chi connectivity index (χ2v) is 9.02. The minimum absolute atomic E-state index is 0.0364. The maximum absolute atomic E-state index is 13.1. The lowest BCUT2D eigenvalue weighted by atomic mass is 10.0. The number of nitrogens with one attached hydrogen (secondary N) is 2. The molecule has 2 amide bonds. The van der Waals surface area contributed by atoms with Crippen molar-refractivity contribution in [3.8, 4) is 0 Å². The molecule has 0 saturated carbocycles. The second kappa shape index (κ2) is 11.4. The normalized spacial score (nSPS) is 19.4. The van der Waals surface area contributed by atoms with E-state index in [1.807, 2.05) is 29.2 Å². The molecule has 1 aliphatic rings. The van der Waals surface area contributed by atoms with Gasteiger partial charge in [-0.2, -0.15) is 0 Å². The summed E-state index contributed by atoms with van der Waals surface area (Å²) < 4.78 is 0. The van der Waals surface area contributed by atoms with Gasteiger partial charge in [-0.1, -0.05) is 56.5 Å². The first-order valence-electron chi connectivity index (χ1n) is 12.0. The summed E-state index contributed by atoms with van der Waals surface area (Å²) in [5, 5.41) is 8.72.